The van der Waals surface area contributed by atoms with E-state index in [1.165, 1.54) is 173 Å². The number of nitrogens with two attached hydrogens (primary N) is 1. The number of nitrogens with one attached hydrogen (secondary N) is 7. The molecule has 608 valence electrons. The van der Waals surface area contributed by atoms with Gasteiger partial charge in [0, 0.05) is 45.6 Å². The van der Waals surface area contributed by atoms with Crippen molar-refractivity contribution in [3.05, 3.63) is 0 Å². The molecule has 4 unspecified atom stereocenters. The lowest BCUT2D eigenvalue weighted by Gasteiger charge is -2.43. The first-order chi connectivity index (χ1) is 49.2. The van der Waals surface area contributed by atoms with Crippen LogP contribution in [0, 0.1) is 10.8 Å². The molecule has 4 atom stereocenters. The Morgan fingerprint density at radius 3 is 1.33 bits per heavy atom. The average Bonchev–Trinajstić information content (AvgIpc) is 0.819. The van der Waals surface area contributed by atoms with E-state index in [1.807, 2.05) is 55.4 Å². The van der Waals surface area contributed by atoms with Crippen molar-refractivity contribution in [2.75, 3.05) is 98.7 Å². The molecular weight excluding hydrogens is 1320 g/mol. The molecule has 0 saturated carbocycles. The van der Waals surface area contributed by atoms with E-state index in [4.69, 9.17) is 38.9 Å². The molecule has 6 amide bonds. The summed E-state index contributed by atoms with van der Waals surface area (Å²) in [6.07, 6.45) is 41.6. The summed E-state index contributed by atoms with van der Waals surface area (Å²) in [6, 6.07) is 0. The number of hydrogen-bond acceptors (Lipinski definition) is 18. The lowest BCUT2D eigenvalue weighted by molar-refractivity contribution is -0.164. The van der Waals surface area contributed by atoms with E-state index in [0.717, 1.165) is 44.9 Å². The summed E-state index contributed by atoms with van der Waals surface area (Å²) < 4.78 is 41.7. The van der Waals surface area contributed by atoms with Crippen LogP contribution in [-0.2, 0) is 57.1 Å². The van der Waals surface area contributed by atoms with E-state index in [9.17, 15) is 44.1 Å². The lowest BCUT2D eigenvalue weighted by atomic mass is 9.66. The van der Waals surface area contributed by atoms with Gasteiger partial charge in [0.15, 0.2) is 12.0 Å². The number of amides is 6. The zero-order valence-electron chi connectivity index (χ0n) is 67.1. The average molecular weight is 1470 g/mol. The highest BCUT2D eigenvalue weighted by Crippen LogP contribution is 2.42. The number of carbonyl (C=O) groups is 6. The summed E-state index contributed by atoms with van der Waals surface area (Å²) in [5, 5.41) is 48.0. The molecule has 0 heterocycles. The van der Waals surface area contributed by atoms with Crippen LogP contribution in [0.2, 0.25) is 0 Å². The molecule has 0 aliphatic heterocycles. The summed E-state index contributed by atoms with van der Waals surface area (Å²) in [6.45, 7) is 22.5. The number of unbranched alkanes of at least 4 members (excludes halogenated alkanes) is 31. The Morgan fingerprint density at radius 2 is 0.864 bits per heavy atom. The van der Waals surface area contributed by atoms with Gasteiger partial charge in [-0.15, -0.1) is 0 Å². The molecule has 0 aromatic heterocycles. The highest BCUT2D eigenvalue weighted by molar-refractivity contribution is 5.90. The summed E-state index contributed by atoms with van der Waals surface area (Å²) in [4.78, 5) is 76.7. The first-order valence-electron chi connectivity index (χ1n) is 40.6. The van der Waals surface area contributed by atoms with Crippen LogP contribution in [-0.4, -0.2) is 185 Å². The highest BCUT2D eigenvalue weighted by atomic mass is 16.7. The third kappa shape index (κ3) is 59.9. The fraction of sp³-hybridized carbons (Fsp3) is 0.924. The fourth-order valence-electron chi connectivity index (χ4n) is 11.5. The molecule has 0 aliphatic rings. The van der Waals surface area contributed by atoms with Gasteiger partial charge in [-0.25, -0.2) is 4.79 Å². The summed E-state index contributed by atoms with van der Waals surface area (Å²) in [7, 11) is 0. The monoisotopic (exact) mass is 1470 g/mol. The second-order valence-electron chi connectivity index (χ2n) is 31.1. The van der Waals surface area contributed by atoms with Crippen molar-refractivity contribution in [1.82, 2.24) is 37.2 Å². The third-order valence-electron chi connectivity index (χ3n) is 19.2. The maximum atomic E-state index is 13.1. The van der Waals surface area contributed by atoms with Gasteiger partial charge < -0.3 is 86.1 Å². The van der Waals surface area contributed by atoms with Crippen molar-refractivity contribution < 1.29 is 77.2 Å². The van der Waals surface area contributed by atoms with Gasteiger partial charge >= 0.3 is 6.09 Å². The molecule has 0 saturated heterocycles. The van der Waals surface area contributed by atoms with Crippen LogP contribution in [0.15, 0.2) is 0 Å². The molecule has 0 fully saturated rings. The van der Waals surface area contributed by atoms with E-state index < -0.39 is 103 Å². The number of alkyl carbamates (subject to hydrolysis) is 1. The van der Waals surface area contributed by atoms with E-state index in [2.05, 4.69) is 51.1 Å². The Balaban J connectivity index is 4.68. The van der Waals surface area contributed by atoms with Gasteiger partial charge in [0.25, 0.3) is 0 Å². The normalized spacial score (nSPS) is 13.6. The molecule has 0 aromatic rings. The van der Waals surface area contributed by atoms with E-state index in [0.29, 0.717) is 65.3 Å². The zero-order chi connectivity index (χ0) is 76.8. The predicted octanol–water partition coefficient (Wildman–Crippen LogP) is 12.5. The van der Waals surface area contributed by atoms with Crippen molar-refractivity contribution in [2.24, 2.45) is 16.6 Å². The minimum absolute atomic E-state index is 0.00898. The van der Waals surface area contributed by atoms with Crippen LogP contribution in [0.3, 0.4) is 0 Å². The number of hydrogen-bond donors (Lipinski definition) is 11. The standard InChI is InChI=1S/C79H156N8O16/c1-12-15-17-19-21-23-25-27-29-31-33-35-37-39-41-46-54-99-73(98-53-45-40-38-36-34-32-30-28-26-24-22-20-18-16-13-2)61-100-74(96)83-51-44-42-43-48-67(90)82-52-47-50-77(8,9)103-64-78(10,11)102-63-76(6,7)75(4,5)56-69(92)84-57-70(93)85-58-71(94)86-59-72(95)87-79(62-88,65-97-60-66(80)89)101-55-49-68(91)81-14-3/h66,68,73,81,88-89,91H,12-65,80H2,1-11H3,(H,82,90)(H,83,96)(H,84,92)(H,85,93)(H,86,94)(H,87,95). The molecule has 0 aliphatic carbocycles. The summed E-state index contributed by atoms with van der Waals surface area (Å²) >= 11 is 0. The second kappa shape index (κ2) is 63.1. The number of carbonyl (C=O) groups excluding carboxylic acids is 6. The van der Waals surface area contributed by atoms with E-state index >= 15 is 0 Å². The Morgan fingerprint density at radius 1 is 0.427 bits per heavy atom. The third-order valence-corrected chi connectivity index (χ3v) is 19.2. The molecule has 0 spiro atoms. The Labute approximate surface area is 625 Å². The van der Waals surface area contributed by atoms with Gasteiger partial charge in [0.1, 0.15) is 19.1 Å². The molecular formula is C79H156N8O16. The largest absolute Gasteiger partial charge is 0.444 e. The van der Waals surface area contributed by atoms with Gasteiger partial charge in [-0.3, -0.25) is 29.3 Å². The van der Waals surface area contributed by atoms with Crippen LogP contribution in [0.1, 0.15) is 327 Å². The molecule has 0 radical (unpaired) electrons. The molecule has 24 heteroatoms. The zero-order valence-corrected chi connectivity index (χ0v) is 67.1. The lowest BCUT2D eigenvalue weighted by Crippen LogP contribution is -2.59. The fourth-order valence-corrected chi connectivity index (χ4v) is 11.5. The molecule has 24 nitrogen and oxygen atoms in total. The van der Waals surface area contributed by atoms with Crippen LogP contribution in [0.5, 0.6) is 0 Å². The maximum Gasteiger partial charge on any atom is 0.407 e. The second-order valence-corrected chi connectivity index (χ2v) is 31.1. The first-order valence-corrected chi connectivity index (χ1v) is 40.6. The van der Waals surface area contributed by atoms with Crippen LogP contribution in [0.4, 0.5) is 4.79 Å². The topological polar surface area (TPSA) is 338 Å². The van der Waals surface area contributed by atoms with Crippen LogP contribution in [0.25, 0.3) is 0 Å². The molecule has 103 heavy (non-hydrogen) atoms. The minimum Gasteiger partial charge on any atom is -0.444 e. The summed E-state index contributed by atoms with van der Waals surface area (Å²) in [5.41, 5.74) is 1.29. The summed E-state index contributed by atoms with van der Waals surface area (Å²) in [5.74, 6) is -2.49. The first kappa shape index (κ1) is 99.2. The number of rotatable bonds is 74. The maximum absolute atomic E-state index is 13.1. The number of ether oxygens (including phenoxy) is 7. The van der Waals surface area contributed by atoms with E-state index in [-0.39, 0.29) is 44.5 Å². The Bertz CT molecular complexity index is 2110. The Kier molecular flexibility index (Phi) is 60.8. The predicted molar refractivity (Wildman–Crippen MR) is 411 cm³/mol. The van der Waals surface area contributed by atoms with Gasteiger partial charge in [0.05, 0.1) is 70.5 Å². The number of aliphatic hydroxyl groups is 3. The molecule has 12 N–H and O–H groups in total. The van der Waals surface area contributed by atoms with Gasteiger partial charge in [-0.2, -0.15) is 0 Å². The van der Waals surface area contributed by atoms with Crippen molar-refractivity contribution in [2.45, 2.75) is 362 Å². The minimum atomic E-state index is -1.79. The van der Waals surface area contributed by atoms with E-state index in [1.54, 1.807) is 6.92 Å². The SMILES string of the molecule is CCCCCCCCCCCCCCCCCCOC(COC(=O)NCCCCCC(=O)NCCCC(C)(C)OCC(C)(C)OCC(C)(C)C(C)(C)CC(=O)NCC(=O)NCC(=O)NCC(=O)NC(CO)(COCC(N)O)OCCC(O)NCC)OCCCCCCCCCCCCCCCCC. The van der Waals surface area contributed by atoms with Crippen molar-refractivity contribution >= 4 is 35.6 Å². The number of aliphatic hydroxyl groups excluding tert-OH is 3. The van der Waals surface area contributed by atoms with Crippen LogP contribution < -0.4 is 43.0 Å². The van der Waals surface area contributed by atoms with Crippen LogP contribution >= 0.6 is 0 Å². The van der Waals surface area contributed by atoms with Gasteiger partial charge in [-0.1, -0.05) is 241 Å². The quantitative estimate of drug-likeness (QED) is 0.0199. The van der Waals surface area contributed by atoms with Crippen molar-refractivity contribution in [1.29, 1.82) is 0 Å². The molecule has 0 rings (SSSR count). The van der Waals surface area contributed by atoms with Gasteiger partial charge in [-0.05, 0) is 83.6 Å². The van der Waals surface area contributed by atoms with Gasteiger partial charge in [0.2, 0.25) is 29.5 Å². The Hall–Kier alpha value is -3.82. The smallest absolute Gasteiger partial charge is 0.407 e. The highest BCUT2D eigenvalue weighted by Gasteiger charge is 2.41. The van der Waals surface area contributed by atoms with Crippen molar-refractivity contribution in [3.8, 4) is 0 Å². The van der Waals surface area contributed by atoms with Crippen molar-refractivity contribution in [3.63, 3.8) is 0 Å². The molecule has 0 bridgehead atoms. The molecule has 0 aromatic carbocycles.